The molecule has 0 fully saturated rings. The monoisotopic (exact) mass is 315 g/mol. The van der Waals surface area contributed by atoms with Gasteiger partial charge in [-0.15, -0.1) is 11.3 Å². The van der Waals surface area contributed by atoms with Crippen LogP contribution in [0.4, 0.5) is 11.6 Å². The number of hydrogen-bond donors (Lipinski definition) is 2. The second-order valence-corrected chi connectivity index (χ2v) is 6.35. The van der Waals surface area contributed by atoms with Gasteiger partial charge >= 0.3 is 0 Å². The Hall–Kier alpha value is -0.970. The van der Waals surface area contributed by atoms with Crippen LogP contribution in [0.1, 0.15) is 22.7 Å². The van der Waals surface area contributed by atoms with Gasteiger partial charge in [-0.1, -0.05) is 23.2 Å². The number of pyridine rings is 1. The average Bonchev–Trinajstić information content (AvgIpc) is 2.79. The molecule has 0 spiro atoms. The Bertz CT molecular complexity index is 583. The van der Waals surface area contributed by atoms with Crippen LogP contribution in [0.25, 0.3) is 0 Å². The molecule has 0 saturated carbocycles. The first-order valence-electron chi connectivity index (χ1n) is 5.88. The summed E-state index contributed by atoms with van der Waals surface area (Å²) in [5.74, 6) is 1.25. The minimum atomic E-state index is 0.148. The zero-order valence-electron chi connectivity index (χ0n) is 10.9. The number of thiophene rings is 1. The Morgan fingerprint density at radius 3 is 2.47 bits per heavy atom. The molecule has 0 bridgehead atoms. The number of aromatic nitrogens is 1. The Labute approximate surface area is 127 Å². The molecule has 0 amide bonds. The van der Waals surface area contributed by atoms with E-state index in [0.29, 0.717) is 21.7 Å². The minimum Gasteiger partial charge on any atom is -0.372 e. The van der Waals surface area contributed by atoms with Crippen molar-refractivity contribution in [1.82, 2.24) is 4.98 Å². The van der Waals surface area contributed by atoms with Crippen LogP contribution < -0.4 is 10.6 Å². The third-order valence-corrected chi connectivity index (χ3v) is 4.47. The van der Waals surface area contributed by atoms with Gasteiger partial charge in [0.25, 0.3) is 0 Å². The molecule has 0 saturated heterocycles. The van der Waals surface area contributed by atoms with Crippen molar-refractivity contribution in [3.8, 4) is 0 Å². The van der Waals surface area contributed by atoms with Gasteiger partial charge in [0.2, 0.25) is 0 Å². The first kappa shape index (κ1) is 14.4. The lowest BCUT2D eigenvalue weighted by Gasteiger charge is -2.15. The second-order valence-electron chi connectivity index (χ2n) is 4.21. The van der Waals surface area contributed by atoms with Crippen LogP contribution >= 0.6 is 34.5 Å². The number of aryl methyl sites for hydroxylation is 1. The molecular formula is C13H15Cl2N3S. The SMILES string of the molecule is CNc1nc(NC(C)c2ccc(C)s2)c(Cl)cc1Cl. The smallest absolute Gasteiger partial charge is 0.147 e. The third-order valence-electron chi connectivity index (χ3n) is 2.71. The molecule has 3 nitrogen and oxygen atoms in total. The molecule has 0 aliphatic rings. The Balaban J connectivity index is 2.23. The number of halogens is 2. The normalized spacial score (nSPS) is 12.3. The largest absolute Gasteiger partial charge is 0.372 e. The maximum atomic E-state index is 6.16. The van der Waals surface area contributed by atoms with Crippen molar-refractivity contribution in [2.75, 3.05) is 17.7 Å². The molecule has 1 atom stereocenters. The predicted octanol–water partition coefficient (Wildman–Crippen LogP) is 4.97. The van der Waals surface area contributed by atoms with Crippen LogP contribution in [0.2, 0.25) is 10.0 Å². The summed E-state index contributed by atoms with van der Waals surface area (Å²) >= 11 is 13.9. The first-order valence-corrected chi connectivity index (χ1v) is 7.45. The molecule has 6 heteroatoms. The molecule has 0 radical (unpaired) electrons. The summed E-state index contributed by atoms with van der Waals surface area (Å²) in [4.78, 5) is 6.91. The highest BCUT2D eigenvalue weighted by atomic mass is 35.5. The van der Waals surface area contributed by atoms with Crippen LogP contribution in [-0.4, -0.2) is 12.0 Å². The topological polar surface area (TPSA) is 37.0 Å². The molecule has 19 heavy (non-hydrogen) atoms. The quantitative estimate of drug-likeness (QED) is 0.836. The summed E-state index contributed by atoms with van der Waals surface area (Å²) < 4.78 is 0. The average molecular weight is 316 g/mol. The number of nitrogens with zero attached hydrogens (tertiary/aromatic N) is 1. The Morgan fingerprint density at radius 1 is 1.21 bits per heavy atom. The molecule has 0 aromatic carbocycles. The Kier molecular flexibility index (Phi) is 4.55. The Morgan fingerprint density at radius 2 is 1.89 bits per heavy atom. The molecule has 0 aliphatic heterocycles. The van der Waals surface area contributed by atoms with Crippen LogP contribution in [0, 0.1) is 6.92 Å². The van der Waals surface area contributed by atoms with E-state index in [2.05, 4.69) is 41.6 Å². The standard InChI is InChI=1S/C13H15Cl2N3S/c1-7-4-5-11(19-7)8(2)17-13-10(15)6-9(14)12(16-3)18-13/h4-6,8H,1-3H3,(H2,16,17,18). The highest BCUT2D eigenvalue weighted by molar-refractivity contribution is 7.12. The van der Waals surface area contributed by atoms with E-state index >= 15 is 0 Å². The van der Waals surface area contributed by atoms with Gasteiger partial charge in [0, 0.05) is 16.8 Å². The lowest BCUT2D eigenvalue weighted by molar-refractivity contribution is 0.897. The summed E-state index contributed by atoms with van der Waals surface area (Å²) in [7, 11) is 1.78. The zero-order chi connectivity index (χ0) is 14.0. The van der Waals surface area contributed by atoms with Gasteiger partial charge < -0.3 is 10.6 Å². The molecule has 2 N–H and O–H groups in total. The van der Waals surface area contributed by atoms with E-state index in [9.17, 15) is 0 Å². The van der Waals surface area contributed by atoms with Crippen LogP contribution in [-0.2, 0) is 0 Å². The highest BCUT2D eigenvalue weighted by Crippen LogP contribution is 2.32. The van der Waals surface area contributed by atoms with E-state index in [-0.39, 0.29) is 6.04 Å². The lowest BCUT2D eigenvalue weighted by Crippen LogP contribution is -2.08. The van der Waals surface area contributed by atoms with E-state index in [1.165, 1.54) is 9.75 Å². The molecule has 102 valence electrons. The van der Waals surface area contributed by atoms with Crippen molar-refractivity contribution in [3.05, 3.63) is 38.0 Å². The fraction of sp³-hybridized carbons (Fsp3) is 0.308. The maximum Gasteiger partial charge on any atom is 0.147 e. The van der Waals surface area contributed by atoms with Gasteiger partial charge in [0.05, 0.1) is 16.1 Å². The zero-order valence-corrected chi connectivity index (χ0v) is 13.2. The fourth-order valence-corrected chi connectivity index (χ4v) is 3.09. The van der Waals surface area contributed by atoms with Gasteiger partial charge in [0.15, 0.2) is 0 Å². The fourth-order valence-electron chi connectivity index (χ4n) is 1.71. The summed E-state index contributed by atoms with van der Waals surface area (Å²) in [5, 5.41) is 7.28. The van der Waals surface area contributed by atoms with Gasteiger partial charge in [-0.05, 0) is 32.0 Å². The summed E-state index contributed by atoms with van der Waals surface area (Å²) in [6, 6.07) is 6.06. The van der Waals surface area contributed by atoms with Crippen molar-refractivity contribution < 1.29 is 0 Å². The molecule has 2 heterocycles. The number of rotatable bonds is 4. The van der Waals surface area contributed by atoms with E-state index in [1.807, 2.05) is 0 Å². The van der Waals surface area contributed by atoms with E-state index < -0.39 is 0 Å². The van der Waals surface area contributed by atoms with Gasteiger partial charge in [-0.3, -0.25) is 0 Å². The van der Waals surface area contributed by atoms with Crippen molar-refractivity contribution in [2.24, 2.45) is 0 Å². The highest BCUT2D eigenvalue weighted by Gasteiger charge is 2.13. The summed E-state index contributed by atoms with van der Waals surface area (Å²) in [6.07, 6.45) is 0. The van der Waals surface area contributed by atoms with E-state index in [0.717, 1.165) is 0 Å². The summed E-state index contributed by atoms with van der Waals surface area (Å²) in [6.45, 7) is 4.17. The first-order chi connectivity index (χ1) is 9.01. The van der Waals surface area contributed by atoms with Crippen molar-refractivity contribution >= 4 is 46.2 Å². The minimum absolute atomic E-state index is 0.148. The van der Waals surface area contributed by atoms with Gasteiger partial charge in [0.1, 0.15) is 11.6 Å². The molecule has 2 aromatic rings. The van der Waals surface area contributed by atoms with Crippen molar-refractivity contribution in [3.63, 3.8) is 0 Å². The van der Waals surface area contributed by atoms with E-state index in [1.54, 1.807) is 24.5 Å². The van der Waals surface area contributed by atoms with Crippen molar-refractivity contribution in [2.45, 2.75) is 19.9 Å². The lowest BCUT2D eigenvalue weighted by atomic mass is 10.2. The van der Waals surface area contributed by atoms with E-state index in [4.69, 9.17) is 23.2 Å². The molecule has 2 rings (SSSR count). The predicted molar refractivity (Wildman–Crippen MR) is 84.9 cm³/mol. The molecule has 1 unspecified atom stereocenters. The van der Waals surface area contributed by atoms with Crippen LogP contribution in [0.15, 0.2) is 18.2 Å². The molecular weight excluding hydrogens is 301 g/mol. The molecule has 2 aromatic heterocycles. The van der Waals surface area contributed by atoms with Crippen molar-refractivity contribution in [1.29, 1.82) is 0 Å². The second kappa shape index (κ2) is 5.99. The number of nitrogens with one attached hydrogen (secondary N) is 2. The maximum absolute atomic E-state index is 6.16. The van der Waals surface area contributed by atoms with Gasteiger partial charge in [-0.2, -0.15) is 0 Å². The third kappa shape index (κ3) is 3.32. The number of hydrogen-bond acceptors (Lipinski definition) is 4. The van der Waals surface area contributed by atoms with Gasteiger partial charge in [-0.25, -0.2) is 4.98 Å². The number of anilines is 2. The van der Waals surface area contributed by atoms with Crippen LogP contribution in [0.5, 0.6) is 0 Å². The van der Waals surface area contributed by atoms with Crippen LogP contribution in [0.3, 0.4) is 0 Å². The molecule has 0 aliphatic carbocycles. The summed E-state index contributed by atoms with van der Waals surface area (Å²) in [5.41, 5.74) is 0.